The number of esters is 1. The third-order valence-electron chi connectivity index (χ3n) is 7.86. The number of aliphatic hydroxyl groups excluding tert-OH is 1. The summed E-state index contributed by atoms with van der Waals surface area (Å²) in [7, 11) is 0. The summed E-state index contributed by atoms with van der Waals surface area (Å²) in [5.41, 5.74) is 1.64. The van der Waals surface area contributed by atoms with Crippen LogP contribution in [0.3, 0.4) is 0 Å². The molecule has 0 bridgehead atoms. The molecule has 25 heavy (non-hydrogen) atoms. The highest BCUT2D eigenvalue weighted by Crippen LogP contribution is 2.63. The summed E-state index contributed by atoms with van der Waals surface area (Å²) >= 11 is 0. The lowest BCUT2D eigenvalue weighted by molar-refractivity contribution is -0.170. The standard InChI is InChI=1S/C22H34O3/c1-6-20(3)11-9-17-16(13-20)7-8-18-21(17,4)12-10-19(24)22(18,5)14-25-15(2)23/h6-7,17-19,24H,1,8-14H2,2-5H3/t17-,18+,19-,20-,21+,22+/m0/s1. The number of hydrogen-bond donors (Lipinski definition) is 1. The van der Waals surface area contributed by atoms with E-state index in [2.05, 4.69) is 39.5 Å². The van der Waals surface area contributed by atoms with Gasteiger partial charge in [0, 0.05) is 12.3 Å². The van der Waals surface area contributed by atoms with Gasteiger partial charge in [0.1, 0.15) is 0 Å². The molecule has 3 rings (SSSR count). The summed E-state index contributed by atoms with van der Waals surface area (Å²) in [6.45, 7) is 12.7. The fourth-order valence-electron chi connectivity index (χ4n) is 6.10. The van der Waals surface area contributed by atoms with E-state index in [9.17, 15) is 9.90 Å². The number of carbonyl (C=O) groups excluding carboxylic acids is 1. The smallest absolute Gasteiger partial charge is 0.302 e. The molecule has 0 aromatic carbocycles. The third-order valence-corrected chi connectivity index (χ3v) is 7.86. The molecule has 140 valence electrons. The van der Waals surface area contributed by atoms with E-state index in [1.54, 1.807) is 5.57 Å². The minimum absolute atomic E-state index is 0.181. The lowest BCUT2D eigenvalue weighted by atomic mass is 9.45. The van der Waals surface area contributed by atoms with Crippen molar-refractivity contribution in [2.75, 3.05) is 6.61 Å². The minimum Gasteiger partial charge on any atom is -0.465 e. The third kappa shape index (κ3) is 2.99. The zero-order valence-electron chi connectivity index (χ0n) is 16.3. The first-order chi connectivity index (χ1) is 11.6. The van der Waals surface area contributed by atoms with Crippen molar-refractivity contribution >= 4 is 5.97 Å². The number of allylic oxidation sites excluding steroid dienone is 3. The van der Waals surface area contributed by atoms with Gasteiger partial charge in [-0.2, -0.15) is 0 Å². The SMILES string of the molecule is C=C[C@@]1(C)CC[C@H]2C(=CC[C@@H]3[C@]2(C)CC[C@H](O)[C@]3(C)COC(C)=O)C1. The van der Waals surface area contributed by atoms with Crippen LogP contribution >= 0.6 is 0 Å². The van der Waals surface area contributed by atoms with Gasteiger partial charge in [-0.1, -0.05) is 38.5 Å². The Morgan fingerprint density at radius 1 is 1.36 bits per heavy atom. The van der Waals surface area contributed by atoms with Gasteiger partial charge in [0.15, 0.2) is 0 Å². The molecular formula is C22H34O3. The minimum atomic E-state index is -0.401. The van der Waals surface area contributed by atoms with Crippen LogP contribution in [-0.2, 0) is 9.53 Å². The predicted molar refractivity (Wildman–Crippen MR) is 99.9 cm³/mol. The van der Waals surface area contributed by atoms with Crippen molar-refractivity contribution in [2.24, 2.45) is 28.1 Å². The van der Waals surface area contributed by atoms with E-state index in [1.807, 2.05) is 0 Å². The summed E-state index contributed by atoms with van der Waals surface area (Å²) in [5, 5.41) is 10.8. The van der Waals surface area contributed by atoms with Crippen molar-refractivity contribution < 1.29 is 14.6 Å². The van der Waals surface area contributed by atoms with Crippen LogP contribution in [0, 0.1) is 28.1 Å². The van der Waals surface area contributed by atoms with Crippen molar-refractivity contribution in [3.8, 4) is 0 Å². The molecule has 3 heteroatoms. The predicted octanol–water partition coefficient (Wildman–Crippen LogP) is 4.66. The molecule has 0 aromatic heterocycles. The fourth-order valence-corrected chi connectivity index (χ4v) is 6.10. The molecule has 3 aliphatic rings. The highest BCUT2D eigenvalue weighted by atomic mass is 16.5. The summed E-state index contributed by atoms with van der Waals surface area (Å²) in [5.74, 6) is 0.681. The molecule has 1 N–H and O–H groups in total. The van der Waals surface area contributed by atoms with Gasteiger partial charge in [0.2, 0.25) is 0 Å². The maximum atomic E-state index is 11.4. The van der Waals surface area contributed by atoms with Crippen LogP contribution in [0.15, 0.2) is 24.3 Å². The Hall–Kier alpha value is -1.09. The zero-order chi connectivity index (χ0) is 18.5. The lowest BCUT2D eigenvalue weighted by Gasteiger charge is -2.60. The van der Waals surface area contributed by atoms with Gasteiger partial charge >= 0.3 is 5.97 Å². The monoisotopic (exact) mass is 346 g/mol. The Balaban J connectivity index is 1.92. The largest absolute Gasteiger partial charge is 0.465 e. The molecule has 0 aliphatic heterocycles. The van der Waals surface area contributed by atoms with Gasteiger partial charge in [-0.25, -0.2) is 0 Å². The summed E-state index contributed by atoms with van der Waals surface area (Å²) in [4.78, 5) is 11.4. The quantitative estimate of drug-likeness (QED) is 0.597. The van der Waals surface area contributed by atoms with Gasteiger partial charge in [-0.15, -0.1) is 6.58 Å². The second kappa shape index (κ2) is 6.26. The molecule has 2 fully saturated rings. The molecule has 0 unspecified atom stereocenters. The van der Waals surface area contributed by atoms with Crippen LogP contribution < -0.4 is 0 Å². The fraction of sp³-hybridized carbons (Fsp3) is 0.773. The molecular weight excluding hydrogens is 312 g/mol. The van der Waals surface area contributed by atoms with Crippen LogP contribution in [-0.4, -0.2) is 23.8 Å². The summed E-state index contributed by atoms with van der Waals surface area (Å²) < 4.78 is 5.40. The van der Waals surface area contributed by atoms with E-state index in [-0.39, 0.29) is 22.2 Å². The summed E-state index contributed by atoms with van der Waals surface area (Å²) in [6, 6.07) is 0. The summed E-state index contributed by atoms with van der Waals surface area (Å²) in [6.07, 6.45) is 10.5. The van der Waals surface area contributed by atoms with E-state index in [0.717, 1.165) is 25.7 Å². The van der Waals surface area contributed by atoms with Crippen LogP contribution in [0.25, 0.3) is 0 Å². The highest BCUT2D eigenvalue weighted by Gasteiger charge is 2.58. The number of hydrogen-bond acceptors (Lipinski definition) is 3. The zero-order valence-corrected chi connectivity index (χ0v) is 16.3. The van der Waals surface area contributed by atoms with Crippen molar-refractivity contribution in [3.05, 3.63) is 24.3 Å². The van der Waals surface area contributed by atoms with E-state index in [1.165, 1.54) is 19.8 Å². The first-order valence-corrected chi connectivity index (χ1v) is 9.78. The number of aliphatic hydroxyl groups is 1. The lowest BCUT2D eigenvalue weighted by Crippen LogP contribution is -2.58. The van der Waals surface area contributed by atoms with Crippen LogP contribution in [0.4, 0.5) is 0 Å². The first kappa shape index (κ1) is 18.7. The first-order valence-electron chi connectivity index (χ1n) is 9.78. The van der Waals surface area contributed by atoms with E-state index in [0.29, 0.717) is 18.4 Å². The Kier molecular flexibility index (Phi) is 4.68. The van der Waals surface area contributed by atoms with E-state index < -0.39 is 6.10 Å². The molecule has 3 nitrogen and oxygen atoms in total. The van der Waals surface area contributed by atoms with E-state index in [4.69, 9.17) is 4.74 Å². The Morgan fingerprint density at radius 2 is 2.08 bits per heavy atom. The van der Waals surface area contributed by atoms with E-state index >= 15 is 0 Å². The van der Waals surface area contributed by atoms with Gasteiger partial charge in [0.25, 0.3) is 0 Å². The molecule has 0 radical (unpaired) electrons. The van der Waals surface area contributed by atoms with Crippen molar-refractivity contribution in [2.45, 2.75) is 72.3 Å². The number of fused-ring (bicyclic) bond motifs is 3. The second-order valence-corrected chi connectivity index (χ2v) is 9.54. The number of rotatable bonds is 3. The maximum absolute atomic E-state index is 11.4. The van der Waals surface area contributed by atoms with Gasteiger partial charge in [-0.3, -0.25) is 4.79 Å². The molecule has 0 spiro atoms. The second-order valence-electron chi connectivity index (χ2n) is 9.54. The Labute approximate surface area is 152 Å². The molecule has 2 saturated carbocycles. The van der Waals surface area contributed by atoms with Crippen molar-refractivity contribution in [3.63, 3.8) is 0 Å². The van der Waals surface area contributed by atoms with Crippen molar-refractivity contribution in [1.82, 2.24) is 0 Å². The van der Waals surface area contributed by atoms with Gasteiger partial charge in [-0.05, 0) is 61.2 Å². The average Bonchev–Trinajstić information content (AvgIpc) is 2.57. The molecule has 3 aliphatic carbocycles. The average molecular weight is 347 g/mol. The highest BCUT2D eigenvalue weighted by molar-refractivity contribution is 5.65. The maximum Gasteiger partial charge on any atom is 0.302 e. The van der Waals surface area contributed by atoms with Crippen LogP contribution in [0.1, 0.15) is 66.2 Å². The Bertz CT molecular complexity index is 594. The topological polar surface area (TPSA) is 46.5 Å². The van der Waals surface area contributed by atoms with Gasteiger partial charge < -0.3 is 9.84 Å². The Morgan fingerprint density at radius 3 is 2.72 bits per heavy atom. The van der Waals surface area contributed by atoms with Crippen molar-refractivity contribution in [1.29, 1.82) is 0 Å². The van der Waals surface area contributed by atoms with Gasteiger partial charge in [0.05, 0.1) is 12.7 Å². The molecule has 0 saturated heterocycles. The van der Waals surface area contributed by atoms with Crippen LogP contribution in [0.5, 0.6) is 0 Å². The number of ether oxygens (including phenoxy) is 1. The normalized spacial score (nSPS) is 46.4. The molecule has 6 atom stereocenters. The number of carbonyl (C=O) groups is 1. The molecule has 0 aromatic rings. The van der Waals surface area contributed by atoms with Crippen LogP contribution in [0.2, 0.25) is 0 Å². The molecule has 0 heterocycles. The molecule has 0 amide bonds.